The van der Waals surface area contributed by atoms with Crippen LogP contribution >= 0.6 is 11.6 Å². The first-order valence-electron chi connectivity index (χ1n) is 8.32. The van der Waals surface area contributed by atoms with E-state index in [-0.39, 0.29) is 17.1 Å². The monoisotopic (exact) mass is 409 g/mol. The number of aromatic nitrogens is 3. The topological polar surface area (TPSA) is 116 Å². The molecule has 1 amide bonds. The van der Waals surface area contributed by atoms with Crippen LogP contribution in [0.4, 0.5) is 11.4 Å². The molecular formula is C19H12ClN5O4. The summed E-state index contributed by atoms with van der Waals surface area (Å²) in [5.41, 5.74) is 0.957. The quantitative estimate of drug-likeness (QED) is 0.387. The van der Waals surface area contributed by atoms with Crippen LogP contribution in [-0.2, 0) is 0 Å². The molecule has 0 saturated heterocycles. The minimum atomic E-state index is -0.622. The molecule has 10 heteroatoms. The maximum absolute atomic E-state index is 12.7. The number of anilines is 1. The lowest BCUT2D eigenvalue weighted by molar-refractivity contribution is -0.384. The van der Waals surface area contributed by atoms with Crippen LogP contribution in [0.25, 0.3) is 17.1 Å². The Balaban J connectivity index is 1.73. The molecule has 0 aliphatic carbocycles. The predicted octanol–water partition coefficient (Wildman–Crippen LogP) is 4.34. The molecule has 144 valence electrons. The van der Waals surface area contributed by atoms with E-state index < -0.39 is 10.8 Å². The zero-order valence-corrected chi connectivity index (χ0v) is 15.4. The Morgan fingerprint density at radius 1 is 1.21 bits per heavy atom. The van der Waals surface area contributed by atoms with Gasteiger partial charge in [-0.1, -0.05) is 11.6 Å². The van der Waals surface area contributed by atoms with Crippen LogP contribution in [0.15, 0.2) is 71.6 Å². The van der Waals surface area contributed by atoms with Crippen molar-refractivity contribution in [3.8, 4) is 17.1 Å². The lowest BCUT2D eigenvalue weighted by Crippen LogP contribution is -2.14. The molecule has 1 N–H and O–H groups in total. The highest BCUT2D eigenvalue weighted by atomic mass is 35.5. The van der Waals surface area contributed by atoms with Crippen LogP contribution in [0.3, 0.4) is 0 Å². The number of nitro groups is 1. The van der Waals surface area contributed by atoms with Gasteiger partial charge in [0.1, 0.15) is 17.6 Å². The summed E-state index contributed by atoms with van der Waals surface area (Å²) in [4.78, 5) is 27.0. The van der Waals surface area contributed by atoms with E-state index in [0.29, 0.717) is 22.2 Å². The third-order valence-corrected chi connectivity index (χ3v) is 4.28. The summed E-state index contributed by atoms with van der Waals surface area (Å²) in [6.45, 7) is 0. The van der Waals surface area contributed by atoms with E-state index in [2.05, 4.69) is 15.4 Å². The molecule has 4 aromatic rings. The van der Waals surface area contributed by atoms with Gasteiger partial charge in [0.15, 0.2) is 11.5 Å². The Hall–Kier alpha value is -3.98. The largest absolute Gasteiger partial charge is 0.463 e. The van der Waals surface area contributed by atoms with Crippen molar-refractivity contribution in [3.63, 3.8) is 0 Å². The van der Waals surface area contributed by atoms with Crippen molar-refractivity contribution in [1.82, 2.24) is 14.8 Å². The van der Waals surface area contributed by atoms with Crippen molar-refractivity contribution >= 4 is 28.9 Å². The molecule has 3 aromatic heterocycles. The number of hydrogen-bond donors (Lipinski definition) is 1. The Morgan fingerprint density at radius 2 is 2.00 bits per heavy atom. The van der Waals surface area contributed by atoms with Crippen LogP contribution in [-0.4, -0.2) is 25.6 Å². The minimum absolute atomic E-state index is 0.0237. The summed E-state index contributed by atoms with van der Waals surface area (Å²) in [6.07, 6.45) is 3.92. The number of amides is 1. The lowest BCUT2D eigenvalue weighted by Gasteiger charge is -2.05. The molecular weight excluding hydrogens is 398 g/mol. The number of halogens is 1. The molecule has 0 aliphatic heterocycles. The predicted molar refractivity (Wildman–Crippen MR) is 105 cm³/mol. The number of nitrogens with one attached hydrogen (secondary N) is 1. The average Bonchev–Trinajstić information content (AvgIpc) is 3.38. The number of benzene rings is 1. The van der Waals surface area contributed by atoms with Crippen LogP contribution in [0.1, 0.15) is 10.5 Å². The second-order valence-corrected chi connectivity index (χ2v) is 6.32. The molecule has 1 aromatic carbocycles. The van der Waals surface area contributed by atoms with Gasteiger partial charge in [0, 0.05) is 17.3 Å². The van der Waals surface area contributed by atoms with Crippen molar-refractivity contribution in [3.05, 3.63) is 88.0 Å². The summed E-state index contributed by atoms with van der Waals surface area (Å²) in [7, 11) is 0. The van der Waals surface area contributed by atoms with Gasteiger partial charge >= 0.3 is 5.69 Å². The fourth-order valence-electron chi connectivity index (χ4n) is 2.69. The summed E-state index contributed by atoms with van der Waals surface area (Å²) in [5.74, 6) is -0.110. The zero-order valence-electron chi connectivity index (χ0n) is 14.7. The number of hydrogen-bond acceptors (Lipinski definition) is 6. The Bertz CT molecular complexity index is 1190. The van der Waals surface area contributed by atoms with E-state index in [4.69, 9.17) is 16.0 Å². The van der Waals surface area contributed by atoms with Gasteiger partial charge in [-0.05, 0) is 42.5 Å². The molecule has 0 unspecified atom stereocenters. The van der Waals surface area contributed by atoms with Crippen LogP contribution < -0.4 is 5.32 Å². The van der Waals surface area contributed by atoms with Crippen molar-refractivity contribution in [1.29, 1.82) is 0 Å². The average molecular weight is 410 g/mol. The van der Waals surface area contributed by atoms with E-state index in [1.54, 1.807) is 36.4 Å². The smallest absolute Gasteiger partial charge is 0.310 e. The van der Waals surface area contributed by atoms with Gasteiger partial charge in [0.2, 0.25) is 0 Å². The normalized spacial score (nSPS) is 10.7. The fraction of sp³-hybridized carbons (Fsp3) is 0. The van der Waals surface area contributed by atoms with E-state index >= 15 is 0 Å². The van der Waals surface area contributed by atoms with Crippen molar-refractivity contribution in [2.24, 2.45) is 0 Å². The first-order valence-corrected chi connectivity index (χ1v) is 8.70. The van der Waals surface area contributed by atoms with Crippen molar-refractivity contribution < 1.29 is 14.1 Å². The van der Waals surface area contributed by atoms with Gasteiger partial charge in [-0.3, -0.25) is 19.9 Å². The third-order valence-electron chi connectivity index (χ3n) is 4.03. The Labute approximate surface area is 168 Å². The first kappa shape index (κ1) is 18.4. The second kappa shape index (κ2) is 7.56. The maximum Gasteiger partial charge on any atom is 0.310 e. The molecule has 9 nitrogen and oxygen atoms in total. The van der Waals surface area contributed by atoms with Gasteiger partial charge in [-0.2, -0.15) is 5.10 Å². The van der Waals surface area contributed by atoms with Gasteiger partial charge in [-0.15, -0.1) is 0 Å². The molecule has 4 rings (SSSR count). The number of carbonyl (C=O) groups is 1. The van der Waals surface area contributed by atoms with Gasteiger partial charge in [0.25, 0.3) is 5.91 Å². The molecule has 0 radical (unpaired) electrons. The molecule has 0 bridgehead atoms. The molecule has 0 aliphatic rings. The van der Waals surface area contributed by atoms with E-state index in [9.17, 15) is 14.9 Å². The fourth-order valence-corrected chi connectivity index (χ4v) is 2.82. The number of rotatable bonds is 5. The summed E-state index contributed by atoms with van der Waals surface area (Å²) >= 11 is 5.95. The Morgan fingerprint density at radius 3 is 2.69 bits per heavy atom. The van der Waals surface area contributed by atoms with E-state index in [1.165, 1.54) is 29.3 Å². The number of carbonyl (C=O) groups excluding carboxylic acids is 1. The molecule has 3 heterocycles. The highest BCUT2D eigenvalue weighted by molar-refractivity contribution is 6.30. The molecule has 0 saturated carbocycles. The molecule has 0 fully saturated rings. The number of nitrogens with zero attached hydrogens (tertiary/aromatic N) is 4. The van der Waals surface area contributed by atoms with Gasteiger partial charge in [-0.25, -0.2) is 4.68 Å². The molecule has 0 spiro atoms. The van der Waals surface area contributed by atoms with Crippen molar-refractivity contribution in [2.75, 3.05) is 5.32 Å². The van der Waals surface area contributed by atoms with Crippen molar-refractivity contribution in [2.45, 2.75) is 0 Å². The molecule has 29 heavy (non-hydrogen) atoms. The highest BCUT2D eigenvalue weighted by Gasteiger charge is 2.21. The third kappa shape index (κ3) is 3.71. The zero-order chi connectivity index (χ0) is 20.4. The maximum atomic E-state index is 12.7. The van der Waals surface area contributed by atoms with Gasteiger partial charge < -0.3 is 9.73 Å². The standard InChI is InChI=1S/C19H12ClN5O4/c20-12-3-5-13(6-4-12)24-16(18-2-1-9-29-18)10-15(23-24)19(26)22-14-7-8-21-11-17(14)25(27)28/h1-11H,(H,21,22,26). The first-order chi connectivity index (χ1) is 14.0. The summed E-state index contributed by atoms with van der Waals surface area (Å²) in [6, 6.07) is 13.2. The summed E-state index contributed by atoms with van der Waals surface area (Å²) < 4.78 is 6.98. The summed E-state index contributed by atoms with van der Waals surface area (Å²) in [5, 5.41) is 18.6. The van der Waals surface area contributed by atoms with Gasteiger partial charge in [0.05, 0.1) is 16.9 Å². The van der Waals surface area contributed by atoms with Crippen LogP contribution in [0, 0.1) is 10.1 Å². The SMILES string of the molecule is O=C(Nc1ccncc1[N+](=O)[O-])c1cc(-c2ccco2)n(-c2ccc(Cl)cc2)n1. The lowest BCUT2D eigenvalue weighted by atomic mass is 10.2. The number of furan rings is 1. The van der Waals surface area contributed by atoms with E-state index in [0.717, 1.165) is 6.20 Å². The highest BCUT2D eigenvalue weighted by Crippen LogP contribution is 2.27. The minimum Gasteiger partial charge on any atom is -0.463 e. The van der Waals surface area contributed by atoms with E-state index in [1.807, 2.05) is 0 Å². The second-order valence-electron chi connectivity index (χ2n) is 5.88. The molecule has 0 atom stereocenters. The van der Waals surface area contributed by atoms with Crippen LogP contribution in [0.5, 0.6) is 0 Å². The number of pyridine rings is 1. The van der Waals surface area contributed by atoms with Crippen LogP contribution in [0.2, 0.25) is 5.02 Å². The Kier molecular flexibility index (Phi) is 4.80.